The third kappa shape index (κ3) is 4.87. The zero-order valence-electron chi connectivity index (χ0n) is 15.7. The highest BCUT2D eigenvalue weighted by molar-refractivity contribution is 5.28. The number of hydrogen-bond acceptors (Lipinski definition) is 6. The van der Waals surface area contributed by atoms with Crippen LogP contribution < -0.4 is 4.74 Å². The van der Waals surface area contributed by atoms with Crippen molar-refractivity contribution < 1.29 is 14.6 Å². The van der Waals surface area contributed by atoms with Crippen LogP contribution in [-0.4, -0.2) is 70.7 Å². The minimum absolute atomic E-state index is 0.00381. The first-order valence-corrected chi connectivity index (χ1v) is 9.71. The minimum Gasteiger partial charge on any atom is -0.492 e. The lowest BCUT2D eigenvalue weighted by atomic mass is 10.2. The molecule has 1 saturated heterocycles. The average Bonchev–Trinajstić information content (AvgIpc) is 3.12. The van der Waals surface area contributed by atoms with Gasteiger partial charge in [-0.25, -0.2) is 0 Å². The first-order chi connectivity index (χ1) is 13.3. The van der Waals surface area contributed by atoms with E-state index in [0.29, 0.717) is 6.61 Å². The van der Waals surface area contributed by atoms with Crippen molar-refractivity contribution in [3.63, 3.8) is 0 Å². The summed E-state index contributed by atoms with van der Waals surface area (Å²) in [6.07, 6.45) is 0. The standard InChI is InChI=1S/C20H28N4O3/c25-16-18-13-19-15-23(4-5-24(19)21-18)14-17-2-1-3-20(12-17)27-11-8-22-6-9-26-10-7-22/h1-3,12-13,25H,4-11,14-16H2. The number of morpholine rings is 1. The van der Waals surface area contributed by atoms with E-state index in [0.717, 1.165) is 70.5 Å². The van der Waals surface area contributed by atoms with Crippen LogP contribution in [0.25, 0.3) is 0 Å². The second-order valence-corrected chi connectivity index (χ2v) is 7.17. The molecule has 7 nitrogen and oxygen atoms in total. The van der Waals surface area contributed by atoms with Crippen LogP contribution in [0.3, 0.4) is 0 Å². The van der Waals surface area contributed by atoms with Crippen LogP contribution in [0.4, 0.5) is 0 Å². The van der Waals surface area contributed by atoms with Crippen LogP contribution >= 0.6 is 0 Å². The summed E-state index contributed by atoms with van der Waals surface area (Å²) in [5, 5.41) is 13.7. The highest BCUT2D eigenvalue weighted by Gasteiger charge is 2.18. The minimum atomic E-state index is 0.00381. The molecule has 3 heterocycles. The van der Waals surface area contributed by atoms with Gasteiger partial charge in [0.15, 0.2) is 0 Å². The normalized spacial score (nSPS) is 18.4. The van der Waals surface area contributed by atoms with Crippen molar-refractivity contribution in [2.45, 2.75) is 26.2 Å². The number of ether oxygens (including phenoxy) is 2. The zero-order chi connectivity index (χ0) is 18.5. The van der Waals surface area contributed by atoms with E-state index in [1.165, 1.54) is 11.3 Å². The summed E-state index contributed by atoms with van der Waals surface area (Å²) < 4.78 is 13.4. The molecule has 0 unspecified atom stereocenters. The lowest BCUT2D eigenvalue weighted by molar-refractivity contribution is 0.0322. The van der Waals surface area contributed by atoms with Crippen LogP contribution in [0, 0.1) is 0 Å². The molecule has 0 saturated carbocycles. The predicted octanol–water partition coefficient (Wildman–Crippen LogP) is 1.10. The number of rotatable bonds is 7. The number of aromatic nitrogens is 2. The fourth-order valence-corrected chi connectivity index (χ4v) is 3.70. The molecule has 2 aromatic rings. The number of aliphatic hydroxyl groups is 1. The molecule has 4 rings (SSSR count). The summed E-state index contributed by atoms with van der Waals surface area (Å²) in [5.74, 6) is 0.936. The van der Waals surface area contributed by atoms with Crippen LogP contribution in [0.15, 0.2) is 30.3 Å². The van der Waals surface area contributed by atoms with Gasteiger partial charge in [-0.2, -0.15) is 5.10 Å². The zero-order valence-corrected chi connectivity index (χ0v) is 15.7. The Hall–Kier alpha value is -1.93. The molecule has 0 radical (unpaired) electrons. The van der Waals surface area contributed by atoms with Crippen molar-refractivity contribution in [1.82, 2.24) is 19.6 Å². The van der Waals surface area contributed by atoms with Crippen LogP contribution in [0.2, 0.25) is 0 Å². The fraction of sp³-hybridized carbons (Fsp3) is 0.550. The Balaban J connectivity index is 1.28. The van der Waals surface area contributed by atoms with E-state index in [9.17, 15) is 5.11 Å². The summed E-state index contributed by atoms with van der Waals surface area (Å²) in [5.41, 5.74) is 3.18. The highest BCUT2D eigenvalue weighted by atomic mass is 16.5. The van der Waals surface area contributed by atoms with Gasteiger partial charge in [-0.3, -0.25) is 14.5 Å². The van der Waals surface area contributed by atoms with Gasteiger partial charge in [-0.05, 0) is 23.8 Å². The molecule has 146 valence electrons. The maximum atomic E-state index is 9.26. The maximum absolute atomic E-state index is 9.26. The van der Waals surface area contributed by atoms with Gasteiger partial charge >= 0.3 is 0 Å². The largest absolute Gasteiger partial charge is 0.492 e. The summed E-state index contributed by atoms with van der Waals surface area (Å²) in [7, 11) is 0. The van der Waals surface area contributed by atoms with Gasteiger partial charge in [0, 0.05) is 39.3 Å². The summed E-state index contributed by atoms with van der Waals surface area (Å²) in [6, 6.07) is 10.4. The topological polar surface area (TPSA) is 63.0 Å². The lowest BCUT2D eigenvalue weighted by Gasteiger charge is -2.27. The molecular formula is C20H28N4O3. The molecule has 1 N–H and O–H groups in total. The Kier molecular flexibility index (Phi) is 6.03. The molecular weight excluding hydrogens is 344 g/mol. The Labute approximate surface area is 160 Å². The molecule has 2 aliphatic rings. The van der Waals surface area contributed by atoms with Gasteiger partial charge in [-0.15, -0.1) is 0 Å². The number of hydrogen-bond donors (Lipinski definition) is 1. The number of fused-ring (bicyclic) bond motifs is 1. The first kappa shape index (κ1) is 18.4. The molecule has 27 heavy (non-hydrogen) atoms. The molecule has 0 spiro atoms. The summed E-state index contributed by atoms with van der Waals surface area (Å²) in [6.45, 7) is 8.85. The Morgan fingerprint density at radius 2 is 1.96 bits per heavy atom. The number of nitrogens with zero attached hydrogens (tertiary/aromatic N) is 4. The molecule has 0 amide bonds. The van der Waals surface area contributed by atoms with Crippen molar-refractivity contribution in [3.05, 3.63) is 47.3 Å². The second-order valence-electron chi connectivity index (χ2n) is 7.17. The van der Waals surface area contributed by atoms with Crippen LogP contribution in [0.5, 0.6) is 5.75 Å². The van der Waals surface area contributed by atoms with Crippen molar-refractivity contribution in [2.75, 3.05) is 46.0 Å². The van der Waals surface area contributed by atoms with Gasteiger partial charge in [0.25, 0.3) is 0 Å². The maximum Gasteiger partial charge on any atom is 0.119 e. The Morgan fingerprint density at radius 1 is 1.07 bits per heavy atom. The van der Waals surface area contributed by atoms with Gasteiger partial charge < -0.3 is 14.6 Å². The van der Waals surface area contributed by atoms with Gasteiger partial charge in [0.2, 0.25) is 0 Å². The molecule has 0 aliphatic carbocycles. The molecule has 1 aromatic carbocycles. The molecule has 2 aliphatic heterocycles. The third-order valence-electron chi connectivity index (χ3n) is 5.17. The molecule has 0 bridgehead atoms. The summed E-state index contributed by atoms with van der Waals surface area (Å²) in [4.78, 5) is 4.79. The number of benzene rings is 1. The monoisotopic (exact) mass is 372 g/mol. The Morgan fingerprint density at radius 3 is 2.81 bits per heavy atom. The van der Waals surface area contributed by atoms with Crippen molar-refractivity contribution >= 4 is 0 Å². The van der Waals surface area contributed by atoms with Gasteiger partial charge in [0.05, 0.1) is 37.8 Å². The second kappa shape index (κ2) is 8.84. The van der Waals surface area contributed by atoms with E-state index >= 15 is 0 Å². The summed E-state index contributed by atoms with van der Waals surface area (Å²) >= 11 is 0. The van der Waals surface area contributed by atoms with E-state index in [4.69, 9.17) is 9.47 Å². The lowest BCUT2D eigenvalue weighted by Crippen LogP contribution is -2.38. The smallest absolute Gasteiger partial charge is 0.119 e. The van der Waals surface area contributed by atoms with Gasteiger partial charge in [-0.1, -0.05) is 12.1 Å². The molecule has 1 aromatic heterocycles. The molecule has 0 atom stereocenters. The van der Waals surface area contributed by atoms with Crippen LogP contribution in [0.1, 0.15) is 17.0 Å². The number of aliphatic hydroxyl groups excluding tert-OH is 1. The van der Waals surface area contributed by atoms with Gasteiger partial charge in [0.1, 0.15) is 12.4 Å². The van der Waals surface area contributed by atoms with E-state index in [-0.39, 0.29) is 6.61 Å². The molecule has 7 heteroatoms. The SMILES string of the molecule is OCc1cc2n(n1)CCN(Cc1cccc(OCCN3CCOCC3)c1)C2. The van der Waals surface area contributed by atoms with E-state index in [1.54, 1.807) is 0 Å². The highest BCUT2D eigenvalue weighted by Crippen LogP contribution is 2.19. The van der Waals surface area contributed by atoms with E-state index in [1.807, 2.05) is 16.8 Å². The molecule has 1 fully saturated rings. The van der Waals surface area contributed by atoms with Crippen LogP contribution in [-0.2, 0) is 31.0 Å². The first-order valence-electron chi connectivity index (χ1n) is 9.71. The van der Waals surface area contributed by atoms with Crippen molar-refractivity contribution in [1.29, 1.82) is 0 Å². The Bertz CT molecular complexity index is 743. The van der Waals surface area contributed by atoms with Crippen molar-refractivity contribution in [2.24, 2.45) is 0 Å². The quantitative estimate of drug-likeness (QED) is 0.785. The third-order valence-corrected chi connectivity index (χ3v) is 5.17. The predicted molar refractivity (Wildman–Crippen MR) is 101 cm³/mol. The van der Waals surface area contributed by atoms with E-state index in [2.05, 4.69) is 33.1 Å². The van der Waals surface area contributed by atoms with E-state index < -0.39 is 0 Å². The van der Waals surface area contributed by atoms with Crippen molar-refractivity contribution in [3.8, 4) is 5.75 Å². The average molecular weight is 372 g/mol. The fourth-order valence-electron chi connectivity index (χ4n) is 3.70.